The lowest BCUT2D eigenvalue weighted by Gasteiger charge is -2.25. The molecule has 1 rings (SSSR count). The Morgan fingerprint density at radius 1 is 1.32 bits per heavy atom. The molecule has 0 heterocycles. The molecule has 1 aromatic rings. The van der Waals surface area contributed by atoms with Crippen LogP contribution in [0.15, 0.2) is 24.3 Å². The number of carbonyl (C=O) groups excluding carboxylic acids is 1. The zero-order valence-corrected chi connectivity index (χ0v) is 12.9. The van der Waals surface area contributed by atoms with Gasteiger partial charge in [0.05, 0.1) is 5.88 Å². The molecule has 0 saturated carbocycles. The van der Waals surface area contributed by atoms with E-state index in [4.69, 9.17) is 23.2 Å². The lowest BCUT2D eigenvalue weighted by atomic mass is 10.2. The fraction of sp³-hybridized carbons (Fsp3) is 0.417. The van der Waals surface area contributed by atoms with Gasteiger partial charge in [-0.15, -0.1) is 11.6 Å². The Balaban J connectivity index is 3.01. The van der Waals surface area contributed by atoms with E-state index in [0.29, 0.717) is 10.7 Å². The van der Waals surface area contributed by atoms with Gasteiger partial charge in [-0.2, -0.15) is 0 Å². The second-order valence-corrected chi connectivity index (χ2v) is 7.64. The Kier molecular flexibility index (Phi) is 5.24. The summed E-state index contributed by atoms with van der Waals surface area (Å²) in [7, 11) is -3.61. The van der Waals surface area contributed by atoms with Gasteiger partial charge in [-0.3, -0.25) is 4.79 Å². The van der Waals surface area contributed by atoms with Crippen LogP contribution in [0.3, 0.4) is 0 Å². The molecule has 0 radical (unpaired) electrons. The van der Waals surface area contributed by atoms with Crippen molar-refractivity contribution in [3.8, 4) is 0 Å². The van der Waals surface area contributed by atoms with Gasteiger partial charge in [-0.05, 0) is 31.2 Å². The summed E-state index contributed by atoms with van der Waals surface area (Å²) in [4.78, 5) is 12.1. The number of sulfone groups is 1. The highest BCUT2D eigenvalue weighted by molar-refractivity contribution is 7.93. The summed E-state index contributed by atoms with van der Waals surface area (Å²) in [5.74, 6) is -1.10. The van der Waals surface area contributed by atoms with E-state index in [2.05, 4.69) is 5.32 Å². The maximum Gasteiger partial charge on any atom is 0.246 e. The minimum Gasteiger partial charge on any atom is -0.325 e. The fourth-order valence-corrected chi connectivity index (χ4v) is 3.28. The molecule has 0 fully saturated rings. The monoisotopic (exact) mass is 323 g/mol. The number of carbonyl (C=O) groups is 1. The van der Waals surface area contributed by atoms with Gasteiger partial charge in [0.2, 0.25) is 5.91 Å². The Labute approximate surface area is 123 Å². The maximum absolute atomic E-state index is 12.1. The molecule has 0 aliphatic carbocycles. The maximum atomic E-state index is 12.1. The lowest BCUT2D eigenvalue weighted by Crippen LogP contribution is -2.49. The van der Waals surface area contributed by atoms with Crippen LogP contribution in [0.25, 0.3) is 0 Å². The van der Waals surface area contributed by atoms with Crippen LogP contribution in [-0.4, -0.2) is 30.7 Å². The van der Waals surface area contributed by atoms with Crippen molar-refractivity contribution in [3.63, 3.8) is 0 Å². The number of halogens is 2. The average Bonchev–Trinajstić information content (AvgIpc) is 2.40. The Bertz CT molecular complexity index is 557. The zero-order valence-electron chi connectivity index (χ0n) is 10.6. The van der Waals surface area contributed by atoms with Crippen molar-refractivity contribution < 1.29 is 13.2 Å². The van der Waals surface area contributed by atoms with E-state index in [-0.39, 0.29) is 11.6 Å². The molecule has 1 aromatic carbocycles. The van der Waals surface area contributed by atoms with Gasteiger partial charge in [0.15, 0.2) is 14.6 Å². The first-order chi connectivity index (χ1) is 8.76. The molecule has 0 unspecified atom stereocenters. The third-order valence-electron chi connectivity index (χ3n) is 2.90. The molecule has 7 heteroatoms. The summed E-state index contributed by atoms with van der Waals surface area (Å²) < 4.78 is 22.3. The Hall–Kier alpha value is -0.780. The van der Waals surface area contributed by atoms with E-state index in [0.717, 1.165) is 0 Å². The van der Waals surface area contributed by atoms with Crippen molar-refractivity contribution in [2.45, 2.75) is 18.6 Å². The third-order valence-corrected chi connectivity index (χ3v) is 6.31. The average molecular weight is 324 g/mol. The molecule has 0 bridgehead atoms. The van der Waals surface area contributed by atoms with Gasteiger partial charge in [0.25, 0.3) is 0 Å². The van der Waals surface area contributed by atoms with Crippen LogP contribution in [0, 0.1) is 0 Å². The molecular formula is C12H15Cl2NO3S. The Morgan fingerprint density at radius 3 is 2.26 bits per heavy atom. The topological polar surface area (TPSA) is 63.2 Å². The minimum absolute atomic E-state index is 0.149. The highest BCUT2D eigenvalue weighted by atomic mass is 35.5. The summed E-state index contributed by atoms with van der Waals surface area (Å²) in [5.41, 5.74) is 0.469. The van der Waals surface area contributed by atoms with Crippen LogP contribution in [-0.2, 0) is 14.6 Å². The van der Waals surface area contributed by atoms with Gasteiger partial charge < -0.3 is 5.32 Å². The number of benzene rings is 1. The quantitative estimate of drug-likeness (QED) is 0.847. The standard InChI is InChI=1S/C12H15Cl2NO3S/c1-3-19(17,18)12(2,8-13)11(16)15-10-6-4-9(14)5-7-10/h4-7H,3,8H2,1-2H3,(H,15,16)/t12-/m0/s1. The molecule has 106 valence electrons. The van der Waals surface area contributed by atoms with Crippen molar-refractivity contribution in [1.29, 1.82) is 0 Å². The van der Waals surface area contributed by atoms with Gasteiger partial charge in [0, 0.05) is 16.5 Å². The molecule has 1 amide bonds. The predicted molar refractivity (Wildman–Crippen MR) is 78.7 cm³/mol. The summed E-state index contributed by atoms with van der Waals surface area (Å²) >= 11 is 11.4. The van der Waals surface area contributed by atoms with Crippen LogP contribution >= 0.6 is 23.2 Å². The number of alkyl halides is 1. The number of hydrogen-bond acceptors (Lipinski definition) is 3. The number of rotatable bonds is 5. The Morgan fingerprint density at radius 2 is 1.84 bits per heavy atom. The molecule has 1 N–H and O–H groups in total. The molecule has 1 atom stereocenters. The molecule has 0 aliphatic rings. The first-order valence-corrected chi connectivity index (χ1v) is 8.18. The van der Waals surface area contributed by atoms with Gasteiger partial charge in [-0.1, -0.05) is 18.5 Å². The van der Waals surface area contributed by atoms with Crippen molar-refractivity contribution >= 4 is 44.6 Å². The first kappa shape index (κ1) is 16.3. The summed E-state index contributed by atoms with van der Waals surface area (Å²) in [6, 6.07) is 6.38. The van der Waals surface area contributed by atoms with Crippen LogP contribution in [0.1, 0.15) is 13.8 Å². The van der Waals surface area contributed by atoms with Crippen LogP contribution < -0.4 is 5.32 Å². The number of amides is 1. The highest BCUT2D eigenvalue weighted by Crippen LogP contribution is 2.23. The molecule has 4 nitrogen and oxygen atoms in total. The second-order valence-electron chi connectivity index (χ2n) is 4.23. The number of nitrogens with one attached hydrogen (secondary N) is 1. The predicted octanol–water partition coefficient (Wildman–Crippen LogP) is 2.71. The number of anilines is 1. The van der Waals surface area contributed by atoms with Crippen molar-refractivity contribution in [2.75, 3.05) is 16.9 Å². The van der Waals surface area contributed by atoms with Crippen molar-refractivity contribution in [3.05, 3.63) is 29.3 Å². The normalized spacial score (nSPS) is 14.7. The fourth-order valence-electron chi connectivity index (χ4n) is 1.40. The van der Waals surface area contributed by atoms with Crippen LogP contribution in [0.2, 0.25) is 5.02 Å². The van der Waals surface area contributed by atoms with Gasteiger partial charge in [-0.25, -0.2) is 8.42 Å². The molecule has 0 aliphatic heterocycles. The summed E-state index contributed by atoms with van der Waals surface area (Å²) in [6.45, 7) is 2.81. The SMILES string of the molecule is CCS(=O)(=O)[C@@](C)(CCl)C(=O)Nc1ccc(Cl)cc1. The zero-order chi connectivity index (χ0) is 14.7. The molecular weight excluding hydrogens is 309 g/mol. The van der Waals surface area contributed by atoms with E-state index in [1.807, 2.05) is 0 Å². The van der Waals surface area contributed by atoms with Crippen molar-refractivity contribution in [2.24, 2.45) is 0 Å². The van der Waals surface area contributed by atoms with E-state index >= 15 is 0 Å². The van der Waals surface area contributed by atoms with E-state index in [9.17, 15) is 13.2 Å². The first-order valence-electron chi connectivity index (χ1n) is 5.62. The van der Waals surface area contributed by atoms with E-state index in [1.54, 1.807) is 24.3 Å². The smallest absolute Gasteiger partial charge is 0.246 e. The van der Waals surface area contributed by atoms with Crippen LogP contribution in [0.5, 0.6) is 0 Å². The summed E-state index contributed by atoms with van der Waals surface area (Å²) in [6.07, 6.45) is 0. The highest BCUT2D eigenvalue weighted by Gasteiger charge is 2.44. The largest absolute Gasteiger partial charge is 0.325 e. The van der Waals surface area contributed by atoms with E-state index in [1.165, 1.54) is 13.8 Å². The van der Waals surface area contributed by atoms with Crippen molar-refractivity contribution in [1.82, 2.24) is 0 Å². The second kappa shape index (κ2) is 6.11. The molecule has 0 aromatic heterocycles. The lowest BCUT2D eigenvalue weighted by molar-refractivity contribution is -0.117. The number of hydrogen-bond donors (Lipinski definition) is 1. The molecule has 0 saturated heterocycles. The summed E-state index contributed by atoms with van der Waals surface area (Å²) in [5, 5.41) is 3.07. The van der Waals surface area contributed by atoms with Gasteiger partial charge >= 0.3 is 0 Å². The minimum atomic E-state index is -3.61. The molecule has 19 heavy (non-hydrogen) atoms. The van der Waals surface area contributed by atoms with E-state index < -0.39 is 20.5 Å². The third kappa shape index (κ3) is 3.41. The van der Waals surface area contributed by atoms with Crippen LogP contribution in [0.4, 0.5) is 5.69 Å². The van der Waals surface area contributed by atoms with Gasteiger partial charge in [0.1, 0.15) is 0 Å². The molecule has 0 spiro atoms.